The SMILES string of the molecule is O=C(O)CC(=O)O.[KH].[Li][CH2]C(CCCCCC)C(C)C. The Morgan fingerprint density at radius 1 is 1.05 bits per heavy atom. The Bertz CT molecular complexity index is 235. The number of hydrogen-bond donors (Lipinski definition) is 2. The third-order valence-corrected chi connectivity index (χ3v) is 3.20. The fourth-order valence-electron chi connectivity index (χ4n) is 1.97. The summed E-state index contributed by atoms with van der Waals surface area (Å²) in [5.41, 5.74) is 0. The second-order valence-electron chi connectivity index (χ2n) is 5.23. The van der Waals surface area contributed by atoms with Crippen LogP contribution in [-0.4, -0.2) is 91.3 Å². The molecule has 0 saturated heterocycles. The molecule has 1 atom stereocenters. The fourth-order valence-corrected chi connectivity index (χ4v) is 1.97. The molecule has 0 spiro atoms. The number of unbranched alkanes of at least 4 members (excludes halogenated alkanes) is 3. The van der Waals surface area contributed by atoms with Crippen LogP contribution >= 0.6 is 0 Å². The summed E-state index contributed by atoms with van der Waals surface area (Å²) in [6.07, 6.45) is 6.32. The van der Waals surface area contributed by atoms with Crippen molar-refractivity contribution in [3.05, 3.63) is 0 Å². The molecule has 0 aromatic rings. The number of hydrogen-bond acceptors (Lipinski definition) is 2. The van der Waals surface area contributed by atoms with Crippen LogP contribution in [0.15, 0.2) is 0 Å². The topological polar surface area (TPSA) is 74.6 Å². The Labute approximate surface area is 175 Å². The van der Waals surface area contributed by atoms with E-state index in [0.29, 0.717) is 0 Å². The second-order valence-corrected chi connectivity index (χ2v) is 5.23. The van der Waals surface area contributed by atoms with E-state index >= 15 is 0 Å². The molecule has 6 heteroatoms. The Hall–Kier alpha value is 1.17. The number of carboxylic acid groups (broad SMARTS) is 2. The normalized spacial score (nSPS) is 11.1. The number of aliphatic carboxylic acids is 2. The molecule has 0 aromatic carbocycles. The van der Waals surface area contributed by atoms with Crippen molar-refractivity contribution in [3.8, 4) is 0 Å². The van der Waals surface area contributed by atoms with Crippen molar-refractivity contribution in [3.63, 3.8) is 0 Å². The van der Waals surface area contributed by atoms with Crippen molar-refractivity contribution in [2.75, 3.05) is 0 Å². The third-order valence-electron chi connectivity index (χ3n) is 3.20. The summed E-state index contributed by atoms with van der Waals surface area (Å²) < 4.78 is 0. The van der Waals surface area contributed by atoms with Gasteiger partial charge in [-0.15, -0.1) is 0 Å². The van der Waals surface area contributed by atoms with Crippen LogP contribution in [0.5, 0.6) is 0 Å². The van der Waals surface area contributed by atoms with Crippen LogP contribution in [0.25, 0.3) is 0 Å². The third kappa shape index (κ3) is 21.5. The van der Waals surface area contributed by atoms with E-state index in [0.717, 1.165) is 11.8 Å². The van der Waals surface area contributed by atoms with Gasteiger partial charge >= 0.3 is 151 Å². The average molecular weight is 306 g/mol. The van der Waals surface area contributed by atoms with Crippen LogP contribution < -0.4 is 0 Å². The van der Waals surface area contributed by atoms with Crippen molar-refractivity contribution >= 4 is 81.0 Å². The van der Waals surface area contributed by atoms with Crippen LogP contribution in [0.4, 0.5) is 0 Å². The molecule has 0 aliphatic rings. The zero-order valence-corrected chi connectivity index (χ0v) is 12.8. The van der Waals surface area contributed by atoms with E-state index in [9.17, 15) is 9.59 Å². The summed E-state index contributed by atoms with van der Waals surface area (Å²) in [7, 11) is 0. The molecule has 0 aliphatic carbocycles. The molecule has 0 heterocycles. The maximum atomic E-state index is 9.43. The first-order valence-electron chi connectivity index (χ1n) is 7.28. The van der Waals surface area contributed by atoms with Crippen LogP contribution in [0.2, 0.25) is 5.09 Å². The molecule has 0 fully saturated rings. The molecule has 0 aromatic heterocycles. The van der Waals surface area contributed by atoms with Gasteiger partial charge in [-0.25, -0.2) is 0 Å². The molecule has 0 aliphatic heterocycles. The minimum absolute atomic E-state index is 0. The van der Waals surface area contributed by atoms with Gasteiger partial charge in [-0.1, -0.05) is 0 Å². The predicted octanol–water partition coefficient (Wildman–Crippen LogP) is 2.71. The summed E-state index contributed by atoms with van der Waals surface area (Å²) in [4.78, 5) is 18.9. The maximum absolute atomic E-state index is 9.43. The van der Waals surface area contributed by atoms with Gasteiger partial charge in [0.25, 0.3) is 0 Å². The van der Waals surface area contributed by atoms with E-state index in [1.807, 2.05) is 0 Å². The molecule has 20 heavy (non-hydrogen) atoms. The van der Waals surface area contributed by atoms with E-state index in [-0.39, 0.29) is 51.4 Å². The zero-order valence-electron chi connectivity index (χ0n) is 12.8. The standard InChI is InChI=1S/C11H23.C3H4O4.K.Li.H/c1-5-6-7-8-9-11(4)10(2)3;4-2(5)1-3(6)7;;;/h10-11H,4-9H2,1-3H3;1H2,(H,4,5)(H,6,7);;;. The molecule has 0 amide bonds. The van der Waals surface area contributed by atoms with Gasteiger partial charge in [-0.05, 0) is 0 Å². The summed E-state index contributed by atoms with van der Waals surface area (Å²) in [5.74, 6) is -0.765. The predicted molar refractivity (Wildman–Crippen MR) is 84.7 cm³/mol. The fraction of sp³-hybridized carbons (Fsp3) is 0.857. The van der Waals surface area contributed by atoms with Crippen molar-refractivity contribution in [2.24, 2.45) is 11.8 Å². The summed E-state index contributed by atoms with van der Waals surface area (Å²) in [5, 5.41) is 16.8. The van der Waals surface area contributed by atoms with Crippen molar-refractivity contribution in [2.45, 2.75) is 64.4 Å². The number of carboxylic acids is 2. The van der Waals surface area contributed by atoms with Gasteiger partial charge in [0.1, 0.15) is 6.42 Å². The monoisotopic (exact) mass is 306 g/mol. The summed E-state index contributed by atoms with van der Waals surface area (Å²) in [6.45, 7) is 6.99. The first-order chi connectivity index (χ1) is 8.84. The molecular formula is C14H28KLiO4. The first-order valence-corrected chi connectivity index (χ1v) is 7.28. The molecule has 2 N–H and O–H groups in total. The summed E-state index contributed by atoms with van der Waals surface area (Å²) in [6, 6.07) is 0. The molecule has 110 valence electrons. The first kappa shape index (κ1) is 26.1. The minimum atomic E-state index is -1.31. The molecule has 0 radical (unpaired) electrons. The Morgan fingerprint density at radius 3 is 1.80 bits per heavy atom. The van der Waals surface area contributed by atoms with Gasteiger partial charge in [0.15, 0.2) is 0 Å². The Morgan fingerprint density at radius 2 is 1.55 bits per heavy atom. The van der Waals surface area contributed by atoms with Crippen molar-refractivity contribution < 1.29 is 19.8 Å². The van der Waals surface area contributed by atoms with Crippen molar-refractivity contribution in [1.29, 1.82) is 0 Å². The van der Waals surface area contributed by atoms with E-state index in [1.165, 1.54) is 37.2 Å². The van der Waals surface area contributed by atoms with E-state index in [2.05, 4.69) is 38.5 Å². The van der Waals surface area contributed by atoms with Crippen molar-refractivity contribution in [1.82, 2.24) is 0 Å². The zero-order chi connectivity index (χ0) is 15.3. The average Bonchev–Trinajstić information content (AvgIpc) is 2.27. The number of rotatable bonds is 9. The van der Waals surface area contributed by atoms with Gasteiger partial charge in [-0.3, -0.25) is 9.59 Å². The van der Waals surface area contributed by atoms with Gasteiger partial charge in [0.05, 0.1) is 0 Å². The Kier molecular flexibility index (Phi) is 23.8. The number of carbonyl (C=O) groups is 2. The molecule has 0 rings (SSSR count). The summed E-state index contributed by atoms with van der Waals surface area (Å²) >= 11 is 2.32. The van der Waals surface area contributed by atoms with Gasteiger partial charge in [-0.2, -0.15) is 0 Å². The molecular weight excluding hydrogens is 278 g/mol. The van der Waals surface area contributed by atoms with E-state index in [1.54, 1.807) is 0 Å². The van der Waals surface area contributed by atoms with Crippen LogP contribution in [0.3, 0.4) is 0 Å². The van der Waals surface area contributed by atoms with Crippen LogP contribution in [0.1, 0.15) is 59.3 Å². The quantitative estimate of drug-likeness (QED) is 0.390. The van der Waals surface area contributed by atoms with Gasteiger partial charge in [0.2, 0.25) is 0 Å². The molecule has 1 unspecified atom stereocenters. The Balaban J connectivity index is -0.000000312. The van der Waals surface area contributed by atoms with Crippen LogP contribution in [-0.2, 0) is 9.59 Å². The molecule has 4 nitrogen and oxygen atoms in total. The van der Waals surface area contributed by atoms with E-state index in [4.69, 9.17) is 10.2 Å². The molecule has 0 bridgehead atoms. The van der Waals surface area contributed by atoms with Gasteiger partial charge in [0, 0.05) is 0 Å². The van der Waals surface area contributed by atoms with Gasteiger partial charge < -0.3 is 10.2 Å². The van der Waals surface area contributed by atoms with Crippen LogP contribution in [0, 0.1) is 11.8 Å². The molecule has 0 saturated carbocycles. The second kappa shape index (κ2) is 18.2. The van der Waals surface area contributed by atoms with E-state index < -0.39 is 18.4 Å².